The highest BCUT2D eigenvalue weighted by molar-refractivity contribution is 5.64. The van der Waals surface area contributed by atoms with Crippen LogP contribution < -0.4 is 5.32 Å². The van der Waals surface area contributed by atoms with Crippen molar-refractivity contribution in [2.45, 2.75) is 44.8 Å². The van der Waals surface area contributed by atoms with Crippen LogP contribution in [0.15, 0.2) is 55.1 Å². The van der Waals surface area contributed by atoms with Crippen LogP contribution >= 0.6 is 0 Å². The minimum atomic E-state index is -4.30. The highest BCUT2D eigenvalue weighted by atomic mass is 19.4. The molecular weight excluding hydrogens is 373 g/mol. The third-order valence-electron chi connectivity index (χ3n) is 5.71. The van der Waals surface area contributed by atoms with Crippen molar-refractivity contribution < 1.29 is 13.2 Å². The molecule has 0 aromatic heterocycles. The summed E-state index contributed by atoms with van der Waals surface area (Å²) in [6, 6.07) is 13.3. The molecule has 0 bridgehead atoms. The summed E-state index contributed by atoms with van der Waals surface area (Å²) in [6.45, 7) is 5.78. The van der Waals surface area contributed by atoms with E-state index in [0.29, 0.717) is 6.54 Å². The smallest absolute Gasteiger partial charge is 0.381 e. The van der Waals surface area contributed by atoms with Crippen LogP contribution in [-0.2, 0) is 12.7 Å². The van der Waals surface area contributed by atoms with Gasteiger partial charge in [0.05, 0.1) is 5.56 Å². The Hall–Kier alpha value is -2.43. The molecule has 1 aliphatic carbocycles. The first-order valence-electron chi connectivity index (χ1n) is 10.2. The predicted octanol–water partition coefficient (Wildman–Crippen LogP) is 6.80. The van der Waals surface area contributed by atoms with Gasteiger partial charge in [0.15, 0.2) is 0 Å². The summed E-state index contributed by atoms with van der Waals surface area (Å²) < 4.78 is 37.9. The molecule has 0 atom stereocenters. The number of benzene rings is 2. The van der Waals surface area contributed by atoms with Gasteiger partial charge in [0.1, 0.15) is 0 Å². The first-order chi connectivity index (χ1) is 13.8. The lowest BCUT2D eigenvalue weighted by atomic mass is 9.89. The molecule has 1 saturated carbocycles. The molecule has 0 unspecified atom stereocenters. The molecule has 1 N–H and O–H groups in total. The number of anilines is 1. The van der Waals surface area contributed by atoms with Crippen molar-refractivity contribution in [3.05, 3.63) is 71.8 Å². The van der Waals surface area contributed by atoms with Gasteiger partial charge in [-0.15, -0.1) is 0 Å². The molecule has 0 amide bonds. The van der Waals surface area contributed by atoms with Gasteiger partial charge < -0.3 is 10.2 Å². The molecule has 0 aliphatic heterocycles. The molecule has 0 spiro atoms. The average molecular weight is 403 g/mol. The van der Waals surface area contributed by atoms with Gasteiger partial charge in [0, 0.05) is 31.5 Å². The van der Waals surface area contributed by atoms with E-state index in [-0.39, 0.29) is 0 Å². The zero-order valence-corrected chi connectivity index (χ0v) is 16.9. The molecule has 0 saturated heterocycles. The van der Waals surface area contributed by atoms with Gasteiger partial charge in [-0.3, -0.25) is 0 Å². The van der Waals surface area contributed by atoms with Gasteiger partial charge in [-0.1, -0.05) is 50.1 Å². The minimum Gasteiger partial charge on any atom is -0.381 e. The summed E-state index contributed by atoms with van der Waals surface area (Å²) in [5.41, 5.74) is 3.21. The van der Waals surface area contributed by atoms with E-state index < -0.39 is 11.7 Å². The molecule has 156 valence electrons. The fourth-order valence-electron chi connectivity index (χ4n) is 3.88. The molecule has 0 heterocycles. The first kappa shape index (κ1) is 21.3. The lowest BCUT2D eigenvalue weighted by Gasteiger charge is -2.29. The van der Waals surface area contributed by atoms with E-state index in [0.717, 1.165) is 47.1 Å². The molecule has 1 aliphatic rings. The van der Waals surface area contributed by atoms with Crippen LogP contribution in [0.25, 0.3) is 5.70 Å². The lowest BCUT2D eigenvalue weighted by molar-refractivity contribution is -0.137. The van der Waals surface area contributed by atoms with Gasteiger partial charge in [0.2, 0.25) is 0 Å². The largest absolute Gasteiger partial charge is 0.416 e. The number of nitrogens with zero attached hydrogens (tertiary/aromatic N) is 1. The molecule has 1 fully saturated rings. The molecule has 5 heteroatoms. The number of nitrogens with one attached hydrogen (secondary N) is 1. The summed E-state index contributed by atoms with van der Waals surface area (Å²) in [6.07, 6.45) is 2.36. The van der Waals surface area contributed by atoms with Crippen molar-refractivity contribution in [2.75, 3.05) is 18.9 Å². The van der Waals surface area contributed by atoms with Crippen LogP contribution in [0, 0.1) is 5.92 Å². The number of hydrogen-bond acceptors (Lipinski definition) is 2. The molecule has 3 rings (SSSR count). The monoisotopic (exact) mass is 402 g/mol. The number of alkyl halides is 3. The molecule has 2 nitrogen and oxygen atoms in total. The van der Waals surface area contributed by atoms with Crippen molar-refractivity contribution >= 4 is 11.4 Å². The van der Waals surface area contributed by atoms with E-state index in [1.807, 2.05) is 24.3 Å². The maximum absolute atomic E-state index is 12.6. The molecule has 29 heavy (non-hydrogen) atoms. The van der Waals surface area contributed by atoms with Gasteiger partial charge in [-0.05, 0) is 54.2 Å². The summed E-state index contributed by atoms with van der Waals surface area (Å²) in [4.78, 5) is 2.25. The Morgan fingerprint density at radius 1 is 1.00 bits per heavy atom. The Morgan fingerprint density at radius 3 is 2.21 bits per heavy atom. The first-order valence-corrected chi connectivity index (χ1v) is 10.2. The van der Waals surface area contributed by atoms with Crippen molar-refractivity contribution in [1.82, 2.24) is 4.90 Å². The van der Waals surface area contributed by atoms with Crippen molar-refractivity contribution in [1.29, 1.82) is 0 Å². The summed E-state index contributed by atoms with van der Waals surface area (Å²) >= 11 is 0. The number of rotatable bonds is 7. The van der Waals surface area contributed by atoms with E-state index in [9.17, 15) is 13.2 Å². The van der Waals surface area contributed by atoms with Gasteiger partial charge in [0.25, 0.3) is 0 Å². The third-order valence-corrected chi connectivity index (χ3v) is 5.71. The Morgan fingerprint density at radius 2 is 1.62 bits per heavy atom. The molecule has 0 radical (unpaired) electrons. The van der Waals surface area contributed by atoms with Crippen molar-refractivity contribution in [3.8, 4) is 0 Å². The zero-order valence-electron chi connectivity index (χ0n) is 16.9. The van der Waals surface area contributed by atoms with E-state index in [1.165, 1.54) is 44.2 Å². The summed E-state index contributed by atoms with van der Waals surface area (Å²) in [5, 5.41) is 3.26. The SMILES string of the molecule is C=C(c1ccc(NCc2ccc(C(F)(F)F)cc2)cc1)N(C)CC1CCCCC1. The maximum Gasteiger partial charge on any atom is 0.416 e. The second kappa shape index (κ2) is 9.38. The van der Waals surface area contributed by atoms with Crippen LogP contribution in [0.5, 0.6) is 0 Å². The standard InChI is InChI=1S/C24H29F3N2/c1-18(29(2)17-20-6-4-3-5-7-20)21-10-14-23(15-11-21)28-16-19-8-12-22(13-9-19)24(25,26)27/h8-15,20,28H,1,3-7,16-17H2,2H3. The normalized spacial score (nSPS) is 15.2. The highest BCUT2D eigenvalue weighted by Crippen LogP contribution is 2.29. The van der Waals surface area contributed by atoms with Crippen LogP contribution in [0.2, 0.25) is 0 Å². The molecule has 2 aromatic carbocycles. The van der Waals surface area contributed by atoms with Crippen LogP contribution in [-0.4, -0.2) is 18.5 Å². The van der Waals surface area contributed by atoms with Crippen LogP contribution in [0.3, 0.4) is 0 Å². The molecule has 2 aromatic rings. The van der Waals surface area contributed by atoms with Crippen molar-refractivity contribution in [2.24, 2.45) is 5.92 Å². The van der Waals surface area contributed by atoms with Gasteiger partial charge in [-0.2, -0.15) is 13.2 Å². The maximum atomic E-state index is 12.6. The lowest BCUT2D eigenvalue weighted by Crippen LogP contribution is -2.25. The van der Waals surface area contributed by atoms with Crippen LogP contribution in [0.1, 0.15) is 48.8 Å². The van der Waals surface area contributed by atoms with Crippen molar-refractivity contribution in [3.63, 3.8) is 0 Å². The predicted molar refractivity (Wildman–Crippen MR) is 113 cm³/mol. The fraction of sp³-hybridized carbons (Fsp3) is 0.417. The zero-order chi connectivity index (χ0) is 20.9. The van der Waals surface area contributed by atoms with Gasteiger partial charge in [-0.25, -0.2) is 0 Å². The molecular formula is C24H29F3N2. The van der Waals surface area contributed by atoms with E-state index in [4.69, 9.17) is 0 Å². The fourth-order valence-corrected chi connectivity index (χ4v) is 3.88. The highest BCUT2D eigenvalue weighted by Gasteiger charge is 2.29. The Balaban J connectivity index is 1.52. The Bertz CT molecular complexity index is 788. The summed E-state index contributed by atoms with van der Waals surface area (Å²) in [5.74, 6) is 0.759. The van der Waals surface area contributed by atoms with E-state index in [1.54, 1.807) is 0 Å². The summed E-state index contributed by atoms with van der Waals surface area (Å²) in [7, 11) is 2.10. The quantitative estimate of drug-likeness (QED) is 0.548. The topological polar surface area (TPSA) is 15.3 Å². The van der Waals surface area contributed by atoms with Crippen LogP contribution in [0.4, 0.5) is 18.9 Å². The Kier molecular flexibility index (Phi) is 6.88. The number of hydrogen-bond donors (Lipinski definition) is 1. The van der Waals surface area contributed by atoms with E-state index in [2.05, 4.69) is 23.8 Å². The number of halogens is 3. The second-order valence-electron chi connectivity index (χ2n) is 7.96. The Labute approximate surface area is 171 Å². The second-order valence-corrected chi connectivity index (χ2v) is 7.96. The third kappa shape index (κ3) is 6.02. The van der Waals surface area contributed by atoms with Gasteiger partial charge >= 0.3 is 6.18 Å². The minimum absolute atomic E-state index is 0.472. The van der Waals surface area contributed by atoms with E-state index >= 15 is 0 Å². The average Bonchev–Trinajstić information content (AvgIpc) is 2.72.